The Morgan fingerprint density at radius 1 is 1.09 bits per heavy atom. The highest BCUT2D eigenvalue weighted by Gasteiger charge is 2.13. The minimum atomic E-state index is -0.233. The molecule has 0 bridgehead atoms. The van der Waals surface area contributed by atoms with Gasteiger partial charge in [0.1, 0.15) is 23.0 Å². The van der Waals surface area contributed by atoms with E-state index in [0.717, 1.165) is 11.3 Å². The Kier molecular flexibility index (Phi) is 4.19. The van der Waals surface area contributed by atoms with Crippen LogP contribution in [0, 0.1) is 13.8 Å². The summed E-state index contributed by atoms with van der Waals surface area (Å²) in [6.07, 6.45) is 0. The van der Waals surface area contributed by atoms with Crippen LogP contribution in [0.4, 0.5) is 0 Å². The van der Waals surface area contributed by atoms with Crippen molar-refractivity contribution >= 4 is 5.91 Å². The van der Waals surface area contributed by atoms with Crippen molar-refractivity contribution in [3.8, 4) is 11.5 Å². The number of aromatic nitrogens is 2. The number of aryl methyl sites for hydroxylation is 2. The zero-order valence-corrected chi connectivity index (χ0v) is 13.0. The third-order valence-corrected chi connectivity index (χ3v) is 3.36. The van der Waals surface area contributed by atoms with E-state index in [0.29, 0.717) is 29.5 Å². The lowest BCUT2D eigenvalue weighted by atomic mass is 10.2. The van der Waals surface area contributed by atoms with Gasteiger partial charge in [-0.1, -0.05) is 30.3 Å². The third-order valence-electron chi connectivity index (χ3n) is 3.36. The van der Waals surface area contributed by atoms with Crippen molar-refractivity contribution in [3.05, 3.63) is 71.4 Å². The Balaban J connectivity index is 1.79. The number of nitrogens with zero attached hydrogens (tertiary/aromatic N) is 2. The van der Waals surface area contributed by atoms with Gasteiger partial charge in [0.2, 0.25) is 0 Å². The molecule has 116 valence electrons. The van der Waals surface area contributed by atoms with Gasteiger partial charge in [-0.25, -0.2) is 9.97 Å². The zero-order valence-electron chi connectivity index (χ0n) is 13.0. The Bertz CT molecular complexity index is 825. The molecule has 2 aromatic heterocycles. The van der Waals surface area contributed by atoms with Gasteiger partial charge in [-0.2, -0.15) is 0 Å². The topological polar surface area (TPSA) is 68.0 Å². The normalized spacial score (nSPS) is 10.5. The first-order chi connectivity index (χ1) is 11.1. The van der Waals surface area contributed by atoms with Gasteiger partial charge in [-0.05, 0) is 37.6 Å². The molecule has 0 saturated carbocycles. The molecule has 0 fully saturated rings. The molecule has 0 aliphatic rings. The highest BCUT2D eigenvalue weighted by Crippen LogP contribution is 2.20. The largest absolute Gasteiger partial charge is 0.460 e. The van der Waals surface area contributed by atoms with Crippen LogP contribution in [0.5, 0.6) is 0 Å². The molecule has 1 aromatic carbocycles. The molecular weight excluding hydrogens is 290 g/mol. The van der Waals surface area contributed by atoms with Crippen LogP contribution >= 0.6 is 0 Å². The molecule has 5 heteroatoms. The van der Waals surface area contributed by atoms with Gasteiger partial charge in [0.15, 0.2) is 5.76 Å². The number of hydrogen-bond donors (Lipinski definition) is 1. The molecule has 1 amide bonds. The molecule has 0 aliphatic carbocycles. The predicted molar refractivity (Wildman–Crippen MR) is 86.8 cm³/mol. The van der Waals surface area contributed by atoms with Crippen molar-refractivity contribution in [2.75, 3.05) is 0 Å². The number of nitrogens with one attached hydrogen (secondary N) is 1. The minimum absolute atomic E-state index is 0.233. The lowest BCUT2D eigenvalue weighted by Gasteiger charge is -2.06. The molecule has 0 radical (unpaired) electrons. The van der Waals surface area contributed by atoms with E-state index in [4.69, 9.17) is 4.42 Å². The summed E-state index contributed by atoms with van der Waals surface area (Å²) in [7, 11) is 0. The van der Waals surface area contributed by atoms with E-state index in [2.05, 4.69) is 15.3 Å². The maximum atomic E-state index is 12.3. The summed E-state index contributed by atoms with van der Waals surface area (Å²) in [5, 5.41) is 2.87. The molecular formula is C18H17N3O2. The lowest BCUT2D eigenvalue weighted by molar-refractivity contribution is 0.0945. The van der Waals surface area contributed by atoms with E-state index in [1.165, 1.54) is 0 Å². The Labute approximate surface area is 134 Å². The molecule has 3 aromatic rings. The van der Waals surface area contributed by atoms with Gasteiger partial charge in [0, 0.05) is 6.54 Å². The van der Waals surface area contributed by atoms with Crippen LogP contribution in [-0.2, 0) is 6.54 Å². The van der Waals surface area contributed by atoms with Crippen molar-refractivity contribution < 1.29 is 9.21 Å². The summed E-state index contributed by atoms with van der Waals surface area (Å²) < 4.78 is 5.57. The van der Waals surface area contributed by atoms with Crippen LogP contribution in [0.2, 0.25) is 0 Å². The molecule has 0 spiro atoms. The first-order valence-electron chi connectivity index (χ1n) is 7.36. The van der Waals surface area contributed by atoms with Crippen molar-refractivity contribution in [1.29, 1.82) is 0 Å². The van der Waals surface area contributed by atoms with Crippen molar-refractivity contribution in [1.82, 2.24) is 15.3 Å². The first-order valence-corrected chi connectivity index (χ1v) is 7.36. The molecule has 2 heterocycles. The van der Waals surface area contributed by atoms with Crippen molar-refractivity contribution in [3.63, 3.8) is 0 Å². The molecule has 23 heavy (non-hydrogen) atoms. The van der Waals surface area contributed by atoms with Gasteiger partial charge >= 0.3 is 0 Å². The van der Waals surface area contributed by atoms with Crippen LogP contribution < -0.4 is 5.32 Å². The molecule has 0 atom stereocenters. The molecule has 5 nitrogen and oxygen atoms in total. The molecule has 3 rings (SSSR count). The number of amides is 1. The zero-order chi connectivity index (χ0) is 16.2. The van der Waals surface area contributed by atoms with E-state index in [1.807, 2.05) is 49.4 Å². The summed E-state index contributed by atoms with van der Waals surface area (Å²) >= 11 is 0. The summed E-state index contributed by atoms with van der Waals surface area (Å²) in [5.74, 6) is 1.72. The number of carbonyl (C=O) groups excluding carboxylic acids is 1. The minimum Gasteiger partial charge on any atom is -0.460 e. The Hall–Kier alpha value is -2.95. The molecule has 0 aliphatic heterocycles. The number of hydrogen-bond acceptors (Lipinski definition) is 4. The average molecular weight is 307 g/mol. The van der Waals surface area contributed by atoms with Crippen LogP contribution in [0.1, 0.15) is 27.6 Å². The Morgan fingerprint density at radius 2 is 1.87 bits per heavy atom. The quantitative estimate of drug-likeness (QED) is 0.803. The predicted octanol–water partition coefficient (Wildman–Crippen LogP) is 3.28. The average Bonchev–Trinajstić information content (AvgIpc) is 2.99. The second-order valence-electron chi connectivity index (χ2n) is 5.26. The van der Waals surface area contributed by atoms with Crippen LogP contribution in [0.25, 0.3) is 11.5 Å². The summed E-state index contributed by atoms with van der Waals surface area (Å²) in [6, 6.07) is 15.1. The second kappa shape index (κ2) is 6.44. The van der Waals surface area contributed by atoms with E-state index >= 15 is 0 Å². The second-order valence-corrected chi connectivity index (χ2v) is 5.26. The maximum absolute atomic E-state index is 12.3. The van der Waals surface area contributed by atoms with E-state index < -0.39 is 0 Å². The lowest BCUT2D eigenvalue weighted by Crippen LogP contribution is -2.24. The molecule has 1 N–H and O–H groups in total. The van der Waals surface area contributed by atoms with Gasteiger partial charge in [0.05, 0.1) is 0 Å². The van der Waals surface area contributed by atoms with Gasteiger partial charge in [-0.15, -0.1) is 0 Å². The third kappa shape index (κ3) is 3.63. The van der Waals surface area contributed by atoms with E-state index in [1.54, 1.807) is 13.0 Å². The summed E-state index contributed by atoms with van der Waals surface area (Å²) in [6.45, 7) is 4.08. The summed E-state index contributed by atoms with van der Waals surface area (Å²) in [5.41, 5.74) is 1.97. The van der Waals surface area contributed by atoms with Crippen LogP contribution in [0.3, 0.4) is 0 Å². The maximum Gasteiger partial charge on any atom is 0.270 e. The number of rotatable bonds is 4. The fourth-order valence-corrected chi connectivity index (χ4v) is 2.25. The van der Waals surface area contributed by atoms with Crippen LogP contribution in [-0.4, -0.2) is 15.9 Å². The molecule has 0 unspecified atom stereocenters. The highest BCUT2D eigenvalue weighted by atomic mass is 16.3. The van der Waals surface area contributed by atoms with Gasteiger partial charge in [-0.3, -0.25) is 4.79 Å². The Morgan fingerprint density at radius 3 is 2.57 bits per heavy atom. The highest BCUT2D eigenvalue weighted by molar-refractivity contribution is 5.93. The van der Waals surface area contributed by atoms with Crippen molar-refractivity contribution in [2.24, 2.45) is 0 Å². The van der Waals surface area contributed by atoms with E-state index in [-0.39, 0.29) is 5.91 Å². The number of furan rings is 1. The SMILES string of the molecule is Cc1nc(C(=O)NCc2ccccc2)cc(-c2ccc(C)o2)n1. The number of benzene rings is 1. The van der Waals surface area contributed by atoms with E-state index in [9.17, 15) is 4.79 Å². The standard InChI is InChI=1S/C18H17N3O2/c1-12-8-9-17(23-12)15-10-16(21-13(2)20-15)18(22)19-11-14-6-4-3-5-7-14/h3-10H,11H2,1-2H3,(H,19,22). The number of carbonyl (C=O) groups is 1. The fourth-order valence-electron chi connectivity index (χ4n) is 2.25. The smallest absolute Gasteiger partial charge is 0.270 e. The van der Waals surface area contributed by atoms with Crippen LogP contribution in [0.15, 0.2) is 52.9 Å². The fraction of sp³-hybridized carbons (Fsp3) is 0.167. The van der Waals surface area contributed by atoms with Gasteiger partial charge < -0.3 is 9.73 Å². The monoisotopic (exact) mass is 307 g/mol. The molecule has 0 saturated heterocycles. The van der Waals surface area contributed by atoms with Crippen molar-refractivity contribution in [2.45, 2.75) is 20.4 Å². The first kappa shape index (κ1) is 15.0. The summed E-state index contributed by atoms with van der Waals surface area (Å²) in [4.78, 5) is 20.9. The van der Waals surface area contributed by atoms with Gasteiger partial charge in [0.25, 0.3) is 5.91 Å².